The molecule has 0 aromatic heterocycles. The van der Waals surface area contributed by atoms with Crippen molar-refractivity contribution >= 4 is 29.1 Å². The molecule has 2 amide bonds. The maximum atomic E-state index is 12.5. The van der Waals surface area contributed by atoms with Crippen LogP contribution < -0.4 is 10.6 Å². The van der Waals surface area contributed by atoms with E-state index in [-0.39, 0.29) is 17.7 Å². The van der Waals surface area contributed by atoms with Gasteiger partial charge in [0.25, 0.3) is 5.91 Å². The van der Waals surface area contributed by atoms with Gasteiger partial charge in [-0.05, 0) is 42.7 Å². The molecule has 2 N–H and O–H groups in total. The number of hydrogen-bond acceptors (Lipinski definition) is 2. The highest BCUT2D eigenvalue weighted by atomic mass is 35.5. The minimum atomic E-state index is -0.641. The van der Waals surface area contributed by atoms with Crippen molar-refractivity contribution in [3.8, 4) is 0 Å². The first kappa shape index (κ1) is 18.0. The summed E-state index contributed by atoms with van der Waals surface area (Å²) in [4.78, 5) is 24.9. The summed E-state index contributed by atoms with van der Waals surface area (Å²) in [5.74, 6) is -0.598. The third kappa shape index (κ3) is 4.59. The molecule has 0 aliphatic heterocycles. The lowest BCUT2D eigenvalue weighted by molar-refractivity contribution is -0.118. The van der Waals surface area contributed by atoms with E-state index in [1.54, 1.807) is 36.4 Å². The number of aryl methyl sites for hydroxylation is 1. The molecule has 24 heavy (non-hydrogen) atoms. The lowest BCUT2D eigenvalue weighted by atomic mass is 10.0. The first-order valence-electron chi connectivity index (χ1n) is 7.81. The Labute approximate surface area is 147 Å². The fraction of sp³-hybridized carbons (Fsp3) is 0.263. The summed E-state index contributed by atoms with van der Waals surface area (Å²) >= 11 is 6.08. The Kier molecular flexibility index (Phi) is 5.99. The zero-order valence-electron chi connectivity index (χ0n) is 14.0. The standard InChI is InChI=1S/C19H21ClN2O2/c1-12(2)17(22-18(23)14-7-5-4-6-8-14)19(24)21-15-10-9-13(3)16(20)11-15/h4-12,17H,1-3H3,(H,21,24)(H,22,23). The molecule has 4 nitrogen and oxygen atoms in total. The number of carbonyl (C=O) groups is 2. The Bertz CT molecular complexity index is 729. The molecular weight excluding hydrogens is 324 g/mol. The van der Waals surface area contributed by atoms with E-state index in [4.69, 9.17) is 11.6 Å². The van der Waals surface area contributed by atoms with Gasteiger partial charge >= 0.3 is 0 Å². The molecule has 2 aromatic carbocycles. The minimum absolute atomic E-state index is 0.0569. The van der Waals surface area contributed by atoms with Crippen molar-refractivity contribution in [3.63, 3.8) is 0 Å². The number of anilines is 1. The molecule has 0 saturated heterocycles. The van der Waals surface area contributed by atoms with Crippen LogP contribution in [0.4, 0.5) is 5.69 Å². The third-order valence-electron chi connectivity index (χ3n) is 3.71. The smallest absolute Gasteiger partial charge is 0.251 e. The molecule has 126 valence electrons. The number of halogens is 1. The predicted molar refractivity (Wildman–Crippen MR) is 97.4 cm³/mol. The van der Waals surface area contributed by atoms with Gasteiger partial charge in [-0.1, -0.05) is 49.7 Å². The van der Waals surface area contributed by atoms with E-state index in [9.17, 15) is 9.59 Å². The summed E-state index contributed by atoms with van der Waals surface area (Å²) < 4.78 is 0. The second-order valence-electron chi connectivity index (χ2n) is 6.01. The van der Waals surface area contributed by atoms with Gasteiger partial charge in [0.05, 0.1) is 0 Å². The fourth-order valence-corrected chi connectivity index (χ4v) is 2.42. The van der Waals surface area contributed by atoms with Crippen molar-refractivity contribution in [3.05, 3.63) is 64.7 Å². The largest absolute Gasteiger partial charge is 0.340 e. The van der Waals surface area contributed by atoms with Crippen molar-refractivity contribution in [1.29, 1.82) is 0 Å². The predicted octanol–water partition coefficient (Wildman–Crippen LogP) is 4.04. The van der Waals surface area contributed by atoms with Gasteiger partial charge in [-0.15, -0.1) is 0 Å². The van der Waals surface area contributed by atoms with Crippen LogP contribution in [0.5, 0.6) is 0 Å². The van der Waals surface area contributed by atoms with Gasteiger partial charge in [-0.2, -0.15) is 0 Å². The second-order valence-corrected chi connectivity index (χ2v) is 6.42. The maximum absolute atomic E-state index is 12.5. The van der Waals surface area contributed by atoms with Crippen molar-refractivity contribution in [2.75, 3.05) is 5.32 Å². The van der Waals surface area contributed by atoms with Gasteiger partial charge in [-0.3, -0.25) is 9.59 Å². The molecule has 1 atom stereocenters. The highest BCUT2D eigenvalue weighted by molar-refractivity contribution is 6.31. The number of rotatable bonds is 5. The minimum Gasteiger partial charge on any atom is -0.340 e. The van der Waals surface area contributed by atoms with Crippen molar-refractivity contribution in [2.24, 2.45) is 5.92 Å². The number of amides is 2. The van der Waals surface area contributed by atoms with E-state index < -0.39 is 6.04 Å². The van der Waals surface area contributed by atoms with Gasteiger partial charge in [0, 0.05) is 16.3 Å². The van der Waals surface area contributed by atoms with E-state index in [0.717, 1.165) is 5.56 Å². The van der Waals surface area contributed by atoms with E-state index in [0.29, 0.717) is 16.3 Å². The molecule has 0 fully saturated rings. The summed E-state index contributed by atoms with van der Waals surface area (Å²) in [6.45, 7) is 5.67. The quantitative estimate of drug-likeness (QED) is 0.860. The Balaban J connectivity index is 2.10. The zero-order valence-corrected chi connectivity index (χ0v) is 14.7. The van der Waals surface area contributed by atoms with Crippen molar-refractivity contribution in [1.82, 2.24) is 5.32 Å². The summed E-state index contributed by atoms with van der Waals surface area (Å²) in [6.07, 6.45) is 0. The Morgan fingerprint density at radius 1 is 1.04 bits per heavy atom. The summed E-state index contributed by atoms with van der Waals surface area (Å²) in [5.41, 5.74) is 2.07. The first-order valence-corrected chi connectivity index (χ1v) is 8.19. The number of hydrogen-bond donors (Lipinski definition) is 2. The summed E-state index contributed by atoms with van der Waals surface area (Å²) in [5, 5.41) is 6.19. The molecule has 0 bridgehead atoms. The van der Waals surface area contributed by atoms with Gasteiger partial charge < -0.3 is 10.6 Å². The average molecular weight is 345 g/mol. The van der Waals surface area contributed by atoms with E-state index in [2.05, 4.69) is 10.6 Å². The monoisotopic (exact) mass is 344 g/mol. The van der Waals surface area contributed by atoms with Gasteiger partial charge in [0.15, 0.2) is 0 Å². The highest BCUT2D eigenvalue weighted by Gasteiger charge is 2.24. The summed E-state index contributed by atoms with van der Waals surface area (Å²) in [7, 11) is 0. The number of nitrogens with one attached hydrogen (secondary N) is 2. The van der Waals surface area contributed by atoms with Gasteiger partial charge in [0.1, 0.15) is 6.04 Å². The van der Waals surface area contributed by atoms with Crippen molar-refractivity contribution < 1.29 is 9.59 Å². The first-order chi connectivity index (χ1) is 11.4. The zero-order chi connectivity index (χ0) is 17.7. The summed E-state index contributed by atoms with van der Waals surface area (Å²) in [6, 6.07) is 13.5. The Morgan fingerprint density at radius 2 is 1.71 bits per heavy atom. The molecule has 0 spiro atoms. The maximum Gasteiger partial charge on any atom is 0.251 e. The second kappa shape index (κ2) is 7.97. The fourth-order valence-electron chi connectivity index (χ4n) is 2.24. The van der Waals surface area contributed by atoms with E-state index >= 15 is 0 Å². The van der Waals surface area contributed by atoms with Crippen molar-refractivity contribution in [2.45, 2.75) is 26.8 Å². The van der Waals surface area contributed by atoms with Crippen LogP contribution in [0.25, 0.3) is 0 Å². The van der Waals surface area contributed by atoms with Crippen LogP contribution in [0.3, 0.4) is 0 Å². The molecular formula is C19H21ClN2O2. The SMILES string of the molecule is Cc1ccc(NC(=O)C(NC(=O)c2ccccc2)C(C)C)cc1Cl. The topological polar surface area (TPSA) is 58.2 Å². The van der Waals surface area contributed by atoms with Crippen LogP contribution in [0, 0.1) is 12.8 Å². The van der Waals surface area contributed by atoms with Gasteiger partial charge in [0.2, 0.25) is 5.91 Å². The molecule has 0 radical (unpaired) electrons. The Hall–Kier alpha value is -2.33. The molecule has 5 heteroatoms. The van der Waals surface area contributed by atoms with E-state index in [1.165, 1.54) is 0 Å². The lowest BCUT2D eigenvalue weighted by Crippen LogP contribution is -2.47. The van der Waals surface area contributed by atoms with Crippen LogP contribution in [0.2, 0.25) is 5.02 Å². The number of carbonyl (C=O) groups excluding carboxylic acids is 2. The average Bonchev–Trinajstić information content (AvgIpc) is 2.56. The van der Waals surface area contributed by atoms with E-state index in [1.807, 2.05) is 32.9 Å². The lowest BCUT2D eigenvalue weighted by Gasteiger charge is -2.22. The third-order valence-corrected chi connectivity index (χ3v) is 4.12. The highest BCUT2D eigenvalue weighted by Crippen LogP contribution is 2.20. The molecule has 2 aromatic rings. The van der Waals surface area contributed by atoms with Crippen LogP contribution in [0.1, 0.15) is 29.8 Å². The van der Waals surface area contributed by atoms with Crippen LogP contribution in [0.15, 0.2) is 48.5 Å². The number of benzene rings is 2. The van der Waals surface area contributed by atoms with Crippen LogP contribution >= 0.6 is 11.6 Å². The molecule has 0 aliphatic rings. The Morgan fingerprint density at radius 3 is 2.29 bits per heavy atom. The molecule has 0 saturated carbocycles. The van der Waals surface area contributed by atoms with Crippen LogP contribution in [-0.4, -0.2) is 17.9 Å². The molecule has 2 rings (SSSR count). The van der Waals surface area contributed by atoms with Crippen LogP contribution in [-0.2, 0) is 4.79 Å². The molecule has 0 heterocycles. The molecule has 1 unspecified atom stereocenters. The normalized spacial score (nSPS) is 11.9. The molecule has 0 aliphatic carbocycles. The van der Waals surface area contributed by atoms with Gasteiger partial charge in [-0.25, -0.2) is 0 Å².